The Kier molecular flexibility index (Phi) is 6.14. The highest BCUT2D eigenvalue weighted by Crippen LogP contribution is 2.44. The number of nitrogens with zero attached hydrogens (tertiary/aromatic N) is 3. The van der Waals surface area contributed by atoms with Crippen molar-refractivity contribution in [3.63, 3.8) is 0 Å². The third kappa shape index (κ3) is 4.77. The molecule has 0 spiro atoms. The molecule has 210 valence electrons. The van der Waals surface area contributed by atoms with Gasteiger partial charge in [0, 0.05) is 45.2 Å². The number of aryl methyl sites for hydroxylation is 1. The van der Waals surface area contributed by atoms with Gasteiger partial charge >= 0.3 is 6.29 Å². The molecule has 0 atom stereocenters. The van der Waals surface area contributed by atoms with Gasteiger partial charge in [0.25, 0.3) is 10.0 Å². The van der Waals surface area contributed by atoms with E-state index in [9.17, 15) is 17.2 Å². The van der Waals surface area contributed by atoms with Gasteiger partial charge in [-0.05, 0) is 80.9 Å². The van der Waals surface area contributed by atoms with E-state index in [1.165, 1.54) is 36.0 Å². The third-order valence-electron chi connectivity index (χ3n) is 7.43. The van der Waals surface area contributed by atoms with Crippen molar-refractivity contribution >= 4 is 32.4 Å². The molecule has 0 N–H and O–H groups in total. The Balaban J connectivity index is 1.35. The fourth-order valence-corrected chi connectivity index (χ4v) is 7.70. The SMILES string of the molecule is Cc1ccc(S(=O)(=O)n2cc(-c3ccc4c(c3)OC(F)(F)O4)c3cc(-c4ccc(CN5CCCC5)s4)cnc32)cc1. The minimum atomic E-state index is -4.01. The highest BCUT2D eigenvalue weighted by Gasteiger charge is 2.43. The van der Waals surface area contributed by atoms with Crippen molar-refractivity contribution in [2.24, 2.45) is 0 Å². The molecule has 2 aromatic carbocycles. The molecular weight excluding hydrogens is 568 g/mol. The van der Waals surface area contributed by atoms with Gasteiger partial charge in [-0.15, -0.1) is 20.1 Å². The van der Waals surface area contributed by atoms with Crippen molar-refractivity contribution in [1.29, 1.82) is 0 Å². The van der Waals surface area contributed by atoms with Crippen molar-refractivity contribution < 1.29 is 26.7 Å². The topological polar surface area (TPSA) is 73.7 Å². The first kappa shape index (κ1) is 26.1. The van der Waals surface area contributed by atoms with Crippen LogP contribution in [0.3, 0.4) is 0 Å². The van der Waals surface area contributed by atoms with E-state index in [0.29, 0.717) is 16.5 Å². The van der Waals surface area contributed by atoms with Gasteiger partial charge in [0.1, 0.15) is 0 Å². The number of rotatable bonds is 6. The van der Waals surface area contributed by atoms with Gasteiger partial charge < -0.3 is 9.47 Å². The van der Waals surface area contributed by atoms with Crippen molar-refractivity contribution in [2.45, 2.75) is 37.5 Å². The van der Waals surface area contributed by atoms with E-state index >= 15 is 0 Å². The number of fused-ring (bicyclic) bond motifs is 2. The quantitative estimate of drug-likeness (QED) is 0.213. The van der Waals surface area contributed by atoms with Crippen LogP contribution in [-0.2, 0) is 16.6 Å². The maximum atomic E-state index is 13.8. The molecule has 0 aliphatic carbocycles. The average Bonchev–Trinajstić information content (AvgIpc) is 3.73. The summed E-state index contributed by atoms with van der Waals surface area (Å²) in [5, 5.41) is 0.568. The number of hydrogen-bond acceptors (Lipinski definition) is 7. The van der Waals surface area contributed by atoms with E-state index < -0.39 is 16.3 Å². The van der Waals surface area contributed by atoms with Crippen LogP contribution in [0.4, 0.5) is 8.78 Å². The molecule has 41 heavy (non-hydrogen) atoms. The summed E-state index contributed by atoms with van der Waals surface area (Å²) in [6, 6.07) is 17.1. The summed E-state index contributed by atoms with van der Waals surface area (Å²) in [7, 11) is -4.01. The van der Waals surface area contributed by atoms with E-state index in [1.54, 1.807) is 47.9 Å². The van der Waals surface area contributed by atoms with Crippen LogP contribution in [0.25, 0.3) is 32.6 Å². The Hall–Kier alpha value is -3.80. The van der Waals surface area contributed by atoms with Gasteiger partial charge in [-0.25, -0.2) is 17.4 Å². The second-order valence-corrected chi connectivity index (χ2v) is 13.3. The molecule has 3 aromatic heterocycles. The zero-order chi connectivity index (χ0) is 28.4. The van der Waals surface area contributed by atoms with E-state index in [2.05, 4.69) is 31.5 Å². The number of pyridine rings is 1. The fourth-order valence-electron chi connectivity index (χ4n) is 5.35. The maximum Gasteiger partial charge on any atom is 0.586 e. The summed E-state index contributed by atoms with van der Waals surface area (Å²) in [6.45, 7) is 4.99. The van der Waals surface area contributed by atoms with Crippen LogP contribution in [-0.4, -0.2) is 41.7 Å². The van der Waals surface area contributed by atoms with Gasteiger partial charge in [-0.3, -0.25) is 4.90 Å². The minimum Gasteiger partial charge on any atom is -0.395 e. The molecule has 11 heteroatoms. The highest BCUT2D eigenvalue weighted by molar-refractivity contribution is 7.90. The lowest BCUT2D eigenvalue weighted by atomic mass is 10.0. The molecule has 1 fully saturated rings. The van der Waals surface area contributed by atoms with Gasteiger partial charge in [-0.2, -0.15) is 0 Å². The lowest BCUT2D eigenvalue weighted by Gasteiger charge is -2.12. The monoisotopic (exact) mass is 593 g/mol. The Labute approximate surface area is 239 Å². The Morgan fingerprint density at radius 1 is 0.951 bits per heavy atom. The summed E-state index contributed by atoms with van der Waals surface area (Å²) < 4.78 is 65.4. The molecular formula is C30H25F2N3O4S2. The van der Waals surface area contributed by atoms with Crippen LogP contribution < -0.4 is 9.47 Å². The van der Waals surface area contributed by atoms with Crippen LogP contribution in [0.15, 0.2) is 78.0 Å². The molecule has 0 bridgehead atoms. The van der Waals surface area contributed by atoms with Crippen LogP contribution in [0.2, 0.25) is 0 Å². The van der Waals surface area contributed by atoms with Gasteiger partial charge in [0.2, 0.25) is 0 Å². The Bertz CT molecular complexity index is 1890. The van der Waals surface area contributed by atoms with Crippen LogP contribution in [0, 0.1) is 6.92 Å². The molecule has 5 aromatic rings. The van der Waals surface area contributed by atoms with E-state index in [0.717, 1.165) is 39.6 Å². The number of ether oxygens (including phenoxy) is 2. The Morgan fingerprint density at radius 2 is 1.71 bits per heavy atom. The fraction of sp³-hybridized carbons (Fsp3) is 0.233. The molecule has 0 radical (unpaired) electrons. The summed E-state index contributed by atoms with van der Waals surface area (Å²) >= 11 is 1.68. The molecule has 2 aliphatic rings. The van der Waals surface area contributed by atoms with Crippen LogP contribution >= 0.6 is 11.3 Å². The van der Waals surface area contributed by atoms with Gasteiger partial charge in [-0.1, -0.05) is 23.8 Å². The van der Waals surface area contributed by atoms with E-state index in [4.69, 9.17) is 0 Å². The number of thiophene rings is 1. The van der Waals surface area contributed by atoms with Gasteiger partial charge in [0.15, 0.2) is 17.1 Å². The van der Waals surface area contributed by atoms with Crippen molar-refractivity contribution in [1.82, 2.24) is 13.9 Å². The molecule has 0 saturated carbocycles. The first-order valence-corrected chi connectivity index (χ1v) is 15.5. The molecule has 5 heterocycles. The second-order valence-electron chi connectivity index (χ2n) is 10.3. The van der Waals surface area contributed by atoms with Crippen molar-refractivity contribution in [3.05, 3.63) is 83.5 Å². The average molecular weight is 594 g/mol. The summed E-state index contributed by atoms with van der Waals surface area (Å²) in [5.74, 6) is -0.207. The lowest BCUT2D eigenvalue weighted by Crippen LogP contribution is -2.25. The smallest absolute Gasteiger partial charge is 0.395 e. The summed E-state index contributed by atoms with van der Waals surface area (Å²) in [6.07, 6.45) is 1.85. The number of alkyl halides is 2. The molecule has 0 unspecified atom stereocenters. The summed E-state index contributed by atoms with van der Waals surface area (Å²) in [5.41, 5.74) is 3.02. The highest BCUT2D eigenvalue weighted by atomic mass is 32.2. The van der Waals surface area contributed by atoms with Crippen molar-refractivity contribution in [3.8, 4) is 33.1 Å². The largest absolute Gasteiger partial charge is 0.586 e. The Morgan fingerprint density at radius 3 is 2.49 bits per heavy atom. The lowest BCUT2D eigenvalue weighted by molar-refractivity contribution is -0.286. The zero-order valence-corrected chi connectivity index (χ0v) is 23.6. The van der Waals surface area contributed by atoms with E-state index in [1.807, 2.05) is 13.0 Å². The number of hydrogen-bond donors (Lipinski definition) is 0. The third-order valence-corrected chi connectivity index (χ3v) is 10.2. The standard InChI is InChI=1S/C30H25F2N3O4S2/c1-19-4-8-23(9-5-19)41(36,37)35-18-25(20-6-10-26-27(15-20)39-30(31,32)38-26)24-14-21(16-33-29(24)35)28-11-7-22(40-28)17-34-12-2-3-13-34/h4-11,14-16,18H,2-3,12-13,17H2,1H3. The molecule has 0 amide bonds. The molecule has 1 saturated heterocycles. The predicted molar refractivity (Wildman–Crippen MR) is 153 cm³/mol. The molecule has 7 nitrogen and oxygen atoms in total. The van der Waals surface area contributed by atoms with E-state index in [-0.39, 0.29) is 22.0 Å². The first-order valence-electron chi connectivity index (χ1n) is 13.2. The number of halogens is 2. The van der Waals surface area contributed by atoms with Crippen LogP contribution in [0.5, 0.6) is 11.5 Å². The van der Waals surface area contributed by atoms with Gasteiger partial charge in [0.05, 0.1) is 4.90 Å². The normalized spacial score (nSPS) is 16.6. The zero-order valence-electron chi connectivity index (χ0n) is 22.0. The number of aromatic nitrogens is 2. The number of benzene rings is 2. The second kappa shape index (κ2) is 9.64. The maximum absolute atomic E-state index is 13.8. The van der Waals surface area contributed by atoms with Crippen LogP contribution in [0.1, 0.15) is 23.3 Å². The number of likely N-dealkylation sites (tertiary alicyclic amines) is 1. The molecule has 2 aliphatic heterocycles. The molecule has 7 rings (SSSR count). The predicted octanol–water partition coefficient (Wildman–Crippen LogP) is 6.89. The summed E-state index contributed by atoms with van der Waals surface area (Å²) in [4.78, 5) is 9.44. The first-order chi connectivity index (χ1) is 19.7. The van der Waals surface area contributed by atoms with Crippen molar-refractivity contribution in [2.75, 3.05) is 13.1 Å². The minimum absolute atomic E-state index is 0.0855.